The number of hydrogen-bond acceptors (Lipinski definition) is 7. The molecule has 1 heterocycles. The molecule has 0 aliphatic rings. The molecule has 0 aliphatic carbocycles. The average Bonchev–Trinajstić information content (AvgIpc) is 3.17. The molecule has 1 N–H and O–H groups in total. The Morgan fingerprint density at radius 3 is 2.21 bits per heavy atom. The Bertz CT molecular complexity index is 928. The molecule has 3 aromatic rings. The molecule has 8 heteroatoms. The molecule has 1 amide bonds. The lowest BCUT2D eigenvalue weighted by Gasteiger charge is -2.17. The third kappa shape index (κ3) is 6.46. The molecule has 0 radical (unpaired) electrons. The topological polar surface area (TPSA) is 104 Å². The molecule has 0 spiro atoms. The van der Waals surface area contributed by atoms with E-state index in [0.29, 0.717) is 5.89 Å². The Labute approximate surface area is 167 Å². The summed E-state index contributed by atoms with van der Waals surface area (Å²) in [6, 6.07) is 17.6. The summed E-state index contributed by atoms with van der Waals surface area (Å²) in [7, 11) is 0. The second-order valence-electron chi connectivity index (χ2n) is 6.27. The van der Waals surface area contributed by atoms with Crippen LogP contribution in [0.25, 0.3) is 0 Å². The first kappa shape index (κ1) is 20.1. The van der Waals surface area contributed by atoms with Crippen molar-refractivity contribution in [3.05, 3.63) is 83.6 Å². The highest BCUT2D eigenvalue weighted by atomic mass is 16.6. The molecule has 8 nitrogen and oxygen atoms in total. The molecule has 0 fully saturated rings. The van der Waals surface area contributed by atoms with Gasteiger partial charge in [0.15, 0.2) is 6.61 Å². The standard InChI is InChI=1S/C21H21N3O5/c1-15-23-24-19(29-15)14-27-20(25)18(12-16-8-4-2-5-9-16)22-21(26)28-13-17-10-6-3-7-11-17/h2-11,18H,12-14H2,1H3,(H,22,26). The third-order valence-corrected chi connectivity index (χ3v) is 3.98. The predicted molar refractivity (Wildman–Crippen MR) is 103 cm³/mol. The number of aryl methyl sites for hydroxylation is 1. The van der Waals surface area contributed by atoms with Gasteiger partial charge >= 0.3 is 12.1 Å². The number of nitrogens with zero attached hydrogens (tertiary/aromatic N) is 2. The van der Waals surface area contributed by atoms with Gasteiger partial charge in [0.05, 0.1) is 0 Å². The van der Waals surface area contributed by atoms with Crippen LogP contribution in [0.15, 0.2) is 65.1 Å². The molecule has 3 rings (SSSR count). The van der Waals surface area contributed by atoms with E-state index in [1.54, 1.807) is 6.92 Å². The third-order valence-electron chi connectivity index (χ3n) is 3.98. The number of carbonyl (C=O) groups excluding carboxylic acids is 2. The van der Waals surface area contributed by atoms with Crippen LogP contribution in [0.1, 0.15) is 22.9 Å². The van der Waals surface area contributed by atoms with E-state index in [0.717, 1.165) is 11.1 Å². The first-order chi connectivity index (χ1) is 14.1. The van der Waals surface area contributed by atoms with E-state index in [1.165, 1.54) is 0 Å². The fraction of sp³-hybridized carbons (Fsp3) is 0.238. The fourth-order valence-corrected chi connectivity index (χ4v) is 2.58. The zero-order valence-electron chi connectivity index (χ0n) is 15.9. The summed E-state index contributed by atoms with van der Waals surface area (Å²) in [4.78, 5) is 24.8. The van der Waals surface area contributed by atoms with Crippen molar-refractivity contribution in [3.8, 4) is 0 Å². The Morgan fingerprint density at radius 1 is 0.931 bits per heavy atom. The van der Waals surface area contributed by atoms with Crippen LogP contribution in [0.4, 0.5) is 4.79 Å². The number of nitrogens with one attached hydrogen (secondary N) is 1. The minimum Gasteiger partial charge on any atom is -0.454 e. The van der Waals surface area contributed by atoms with Crippen LogP contribution >= 0.6 is 0 Å². The van der Waals surface area contributed by atoms with Gasteiger partial charge in [0, 0.05) is 13.3 Å². The molecule has 0 aliphatic heterocycles. The molecular weight excluding hydrogens is 374 g/mol. The Morgan fingerprint density at radius 2 is 1.59 bits per heavy atom. The first-order valence-electron chi connectivity index (χ1n) is 9.07. The van der Waals surface area contributed by atoms with Crippen LogP contribution in [0, 0.1) is 6.92 Å². The summed E-state index contributed by atoms with van der Waals surface area (Å²) in [6.45, 7) is 1.56. The van der Waals surface area contributed by atoms with Crippen molar-refractivity contribution in [2.75, 3.05) is 0 Å². The van der Waals surface area contributed by atoms with Gasteiger partial charge in [-0.3, -0.25) is 0 Å². The highest BCUT2D eigenvalue weighted by Gasteiger charge is 2.24. The maximum absolute atomic E-state index is 12.6. The normalized spacial score (nSPS) is 11.5. The number of carbonyl (C=O) groups is 2. The minimum atomic E-state index is -0.926. The van der Waals surface area contributed by atoms with Gasteiger partial charge < -0.3 is 19.2 Å². The lowest BCUT2D eigenvalue weighted by atomic mass is 10.1. The van der Waals surface area contributed by atoms with Gasteiger partial charge in [-0.05, 0) is 11.1 Å². The van der Waals surface area contributed by atoms with Crippen LogP contribution in [-0.2, 0) is 33.9 Å². The number of ether oxygens (including phenoxy) is 2. The van der Waals surface area contributed by atoms with Crippen LogP contribution in [0.2, 0.25) is 0 Å². The second kappa shape index (κ2) is 10.0. The molecule has 1 unspecified atom stereocenters. The summed E-state index contributed by atoms with van der Waals surface area (Å²) in [5.74, 6) is -0.0677. The van der Waals surface area contributed by atoms with Gasteiger partial charge in [0.25, 0.3) is 5.89 Å². The molecule has 150 valence electrons. The van der Waals surface area contributed by atoms with Gasteiger partial charge in [-0.15, -0.1) is 10.2 Å². The van der Waals surface area contributed by atoms with Crippen molar-refractivity contribution in [2.45, 2.75) is 32.6 Å². The molecule has 1 aromatic heterocycles. The summed E-state index contributed by atoms with van der Waals surface area (Å²) >= 11 is 0. The van der Waals surface area contributed by atoms with Crippen LogP contribution in [-0.4, -0.2) is 28.3 Å². The maximum Gasteiger partial charge on any atom is 0.408 e. The highest BCUT2D eigenvalue weighted by molar-refractivity contribution is 5.81. The minimum absolute atomic E-state index is 0.0983. The van der Waals surface area contributed by atoms with E-state index in [-0.39, 0.29) is 25.5 Å². The van der Waals surface area contributed by atoms with Crippen LogP contribution < -0.4 is 5.32 Å². The van der Waals surface area contributed by atoms with Gasteiger partial charge in [-0.25, -0.2) is 9.59 Å². The van der Waals surface area contributed by atoms with Crippen molar-refractivity contribution >= 4 is 12.1 Å². The van der Waals surface area contributed by atoms with E-state index >= 15 is 0 Å². The fourth-order valence-electron chi connectivity index (χ4n) is 2.58. The lowest BCUT2D eigenvalue weighted by Crippen LogP contribution is -2.43. The SMILES string of the molecule is Cc1nnc(COC(=O)C(Cc2ccccc2)NC(=O)OCc2ccccc2)o1. The largest absolute Gasteiger partial charge is 0.454 e. The van der Waals surface area contributed by atoms with E-state index in [1.807, 2.05) is 60.7 Å². The number of aromatic nitrogens is 2. The molecule has 1 atom stereocenters. The van der Waals surface area contributed by atoms with Gasteiger partial charge in [0.2, 0.25) is 5.89 Å². The average molecular weight is 395 g/mol. The molecule has 0 bridgehead atoms. The van der Waals surface area contributed by atoms with Crippen molar-refractivity contribution in [1.82, 2.24) is 15.5 Å². The quantitative estimate of drug-likeness (QED) is 0.585. The molecular formula is C21H21N3O5. The van der Waals surface area contributed by atoms with E-state index in [9.17, 15) is 9.59 Å². The number of amides is 1. The van der Waals surface area contributed by atoms with Crippen LogP contribution in [0.5, 0.6) is 0 Å². The van der Waals surface area contributed by atoms with Gasteiger partial charge in [-0.1, -0.05) is 60.7 Å². The summed E-state index contributed by atoms with van der Waals surface area (Å²) in [5, 5.41) is 10.0. The van der Waals surface area contributed by atoms with Crippen molar-refractivity contribution in [2.24, 2.45) is 0 Å². The van der Waals surface area contributed by atoms with Crippen LogP contribution in [0.3, 0.4) is 0 Å². The van der Waals surface area contributed by atoms with E-state index in [2.05, 4.69) is 15.5 Å². The zero-order chi connectivity index (χ0) is 20.5. The monoisotopic (exact) mass is 395 g/mol. The van der Waals surface area contributed by atoms with Gasteiger partial charge in [-0.2, -0.15) is 0 Å². The number of alkyl carbamates (subject to hydrolysis) is 1. The summed E-state index contributed by atoms with van der Waals surface area (Å²) in [5.41, 5.74) is 1.71. The van der Waals surface area contributed by atoms with E-state index in [4.69, 9.17) is 13.9 Å². The molecule has 29 heavy (non-hydrogen) atoms. The lowest BCUT2D eigenvalue weighted by molar-refractivity contribution is -0.148. The Kier molecular flexibility index (Phi) is 6.94. The Balaban J connectivity index is 1.60. The molecule has 0 saturated heterocycles. The highest BCUT2D eigenvalue weighted by Crippen LogP contribution is 2.08. The number of rotatable bonds is 8. The number of hydrogen-bond donors (Lipinski definition) is 1. The predicted octanol–water partition coefficient (Wildman–Crippen LogP) is 2.96. The number of benzene rings is 2. The smallest absolute Gasteiger partial charge is 0.408 e. The summed E-state index contributed by atoms with van der Waals surface area (Å²) in [6.07, 6.45) is -0.455. The van der Waals surface area contributed by atoms with Crippen molar-refractivity contribution < 1.29 is 23.5 Å². The number of esters is 1. The first-order valence-corrected chi connectivity index (χ1v) is 9.07. The van der Waals surface area contributed by atoms with Crippen molar-refractivity contribution in [1.29, 1.82) is 0 Å². The molecule has 2 aromatic carbocycles. The van der Waals surface area contributed by atoms with Gasteiger partial charge in [0.1, 0.15) is 12.6 Å². The molecule has 0 saturated carbocycles. The Hall–Kier alpha value is -3.68. The van der Waals surface area contributed by atoms with Crippen molar-refractivity contribution in [3.63, 3.8) is 0 Å². The summed E-state index contributed by atoms with van der Waals surface area (Å²) < 4.78 is 15.6. The second-order valence-corrected chi connectivity index (χ2v) is 6.27. The van der Waals surface area contributed by atoms with E-state index < -0.39 is 18.1 Å². The maximum atomic E-state index is 12.6. The zero-order valence-corrected chi connectivity index (χ0v) is 15.9.